The minimum absolute atomic E-state index is 0.387. The van der Waals surface area contributed by atoms with Gasteiger partial charge in [-0.2, -0.15) is 0 Å². The van der Waals surface area contributed by atoms with Gasteiger partial charge in [0, 0.05) is 12.6 Å². The molecule has 20 heavy (non-hydrogen) atoms. The number of fused-ring (bicyclic) bond motifs is 1. The van der Waals surface area contributed by atoms with E-state index in [0.29, 0.717) is 18.5 Å². The quantitative estimate of drug-likeness (QED) is 0.893. The second-order valence-corrected chi connectivity index (χ2v) is 4.99. The van der Waals surface area contributed by atoms with E-state index in [9.17, 15) is 0 Å². The van der Waals surface area contributed by atoms with Gasteiger partial charge < -0.3 is 15.4 Å². The number of hydrogen-bond donors (Lipinski definition) is 2. The van der Waals surface area contributed by atoms with Crippen LogP contribution >= 0.6 is 0 Å². The Morgan fingerprint density at radius 2 is 2.10 bits per heavy atom. The van der Waals surface area contributed by atoms with Crippen molar-refractivity contribution in [3.8, 4) is 5.88 Å². The van der Waals surface area contributed by atoms with Crippen LogP contribution in [0.4, 0.5) is 5.82 Å². The summed E-state index contributed by atoms with van der Waals surface area (Å²) in [4.78, 5) is 9.22. The van der Waals surface area contributed by atoms with E-state index in [1.54, 1.807) is 0 Å². The first-order valence-corrected chi connectivity index (χ1v) is 7.23. The van der Waals surface area contributed by atoms with Crippen molar-refractivity contribution in [1.82, 2.24) is 15.3 Å². The molecule has 0 amide bonds. The molecule has 1 aromatic heterocycles. The summed E-state index contributed by atoms with van der Waals surface area (Å²) < 4.78 is 5.63. The van der Waals surface area contributed by atoms with Crippen LogP contribution in [-0.2, 0) is 0 Å². The van der Waals surface area contributed by atoms with Crippen molar-refractivity contribution >= 4 is 16.9 Å². The first-order valence-electron chi connectivity index (χ1n) is 7.23. The Labute approximate surface area is 118 Å². The molecule has 1 aliphatic rings. The lowest BCUT2D eigenvalue weighted by Gasteiger charge is -2.25. The summed E-state index contributed by atoms with van der Waals surface area (Å²) in [7, 11) is 0. The SMILES string of the molecule is CCOc1nc2ccccc2nc1N[C@H]1CCCNC1. The fourth-order valence-corrected chi connectivity index (χ4v) is 2.48. The van der Waals surface area contributed by atoms with Crippen molar-refractivity contribution in [2.45, 2.75) is 25.8 Å². The maximum absolute atomic E-state index is 5.63. The van der Waals surface area contributed by atoms with Crippen LogP contribution in [-0.4, -0.2) is 35.7 Å². The molecule has 0 aliphatic carbocycles. The highest BCUT2D eigenvalue weighted by atomic mass is 16.5. The lowest BCUT2D eigenvalue weighted by molar-refractivity contribution is 0.327. The van der Waals surface area contributed by atoms with Crippen molar-refractivity contribution in [3.05, 3.63) is 24.3 Å². The van der Waals surface area contributed by atoms with Crippen LogP contribution in [0, 0.1) is 0 Å². The molecule has 2 heterocycles. The molecule has 0 spiro atoms. The molecule has 1 aliphatic heterocycles. The number of anilines is 1. The van der Waals surface area contributed by atoms with E-state index in [-0.39, 0.29) is 0 Å². The number of para-hydroxylation sites is 2. The highest BCUT2D eigenvalue weighted by Crippen LogP contribution is 2.24. The van der Waals surface area contributed by atoms with E-state index < -0.39 is 0 Å². The van der Waals surface area contributed by atoms with E-state index in [2.05, 4.69) is 20.6 Å². The number of piperidine rings is 1. The zero-order valence-corrected chi connectivity index (χ0v) is 11.7. The summed E-state index contributed by atoms with van der Waals surface area (Å²) in [5.74, 6) is 1.34. The predicted molar refractivity (Wildman–Crippen MR) is 80.2 cm³/mol. The second kappa shape index (κ2) is 6.05. The molecule has 1 aromatic carbocycles. The van der Waals surface area contributed by atoms with Crippen LogP contribution < -0.4 is 15.4 Å². The van der Waals surface area contributed by atoms with Crippen LogP contribution in [0.5, 0.6) is 5.88 Å². The average molecular weight is 272 g/mol. The van der Waals surface area contributed by atoms with Crippen molar-refractivity contribution in [3.63, 3.8) is 0 Å². The van der Waals surface area contributed by atoms with Gasteiger partial charge in [0.1, 0.15) is 0 Å². The summed E-state index contributed by atoms with van der Waals surface area (Å²) >= 11 is 0. The van der Waals surface area contributed by atoms with Crippen LogP contribution in [0.3, 0.4) is 0 Å². The van der Waals surface area contributed by atoms with Crippen LogP contribution in [0.15, 0.2) is 24.3 Å². The summed E-state index contributed by atoms with van der Waals surface area (Å²) in [6, 6.07) is 8.26. The molecule has 5 heteroatoms. The van der Waals surface area contributed by atoms with Crippen molar-refractivity contribution in [2.24, 2.45) is 0 Å². The number of benzene rings is 1. The maximum atomic E-state index is 5.63. The molecule has 2 aromatic rings. The second-order valence-electron chi connectivity index (χ2n) is 4.99. The lowest BCUT2D eigenvalue weighted by Crippen LogP contribution is -2.38. The Kier molecular flexibility index (Phi) is 3.97. The minimum atomic E-state index is 0.387. The Morgan fingerprint density at radius 3 is 2.80 bits per heavy atom. The van der Waals surface area contributed by atoms with Crippen molar-refractivity contribution < 1.29 is 4.74 Å². The first kappa shape index (κ1) is 13.1. The predicted octanol–water partition coefficient (Wildman–Crippen LogP) is 2.19. The summed E-state index contributed by atoms with van der Waals surface area (Å²) in [5, 5.41) is 6.86. The van der Waals surface area contributed by atoms with Gasteiger partial charge in [0.05, 0.1) is 17.6 Å². The Balaban J connectivity index is 1.91. The van der Waals surface area contributed by atoms with Crippen molar-refractivity contribution in [1.29, 1.82) is 0 Å². The molecule has 5 nitrogen and oxygen atoms in total. The molecule has 3 rings (SSSR count). The smallest absolute Gasteiger partial charge is 0.258 e. The van der Waals surface area contributed by atoms with Gasteiger partial charge in [-0.05, 0) is 38.4 Å². The highest BCUT2D eigenvalue weighted by molar-refractivity contribution is 5.77. The summed E-state index contributed by atoms with van der Waals surface area (Å²) in [6.45, 7) is 4.60. The third-order valence-electron chi connectivity index (χ3n) is 3.46. The largest absolute Gasteiger partial charge is 0.475 e. The van der Waals surface area contributed by atoms with Gasteiger partial charge in [0.15, 0.2) is 5.82 Å². The van der Waals surface area contributed by atoms with Gasteiger partial charge in [-0.3, -0.25) is 0 Å². The molecule has 1 atom stereocenters. The molecule has 1 saturated heterocycles. The van der Waals surface area contributed by atoms with Crippen molar-refractivity contribution in [2.75, 3.05) is 25.0 Å². The summed E-state index contributed by atoms with van der Waals surface area (Å²) in [6.07, 6.45) is 2.33. The van der Waals surface area contributed by atoms with Gasteiger partial charge in [0.2, 0.25) is 0 Å². The van der Waals surface area contributed by atoms with E-state index in [1.807, 2.05) is 31.2 Å². The number of rotatable bonds is 4. The lowest BCUT2D eigenvalue weighted by atomic mass is 10.1. The molecule has 1 fully saturated rings. The normalized spacial score (nSPS) is 18.9. The number of nitrogens with zero attached hydrogens (tertiary/aromatic N) is 2. The molecule has 0 saturated carbocycles. The monoisotopic (exact) mass is 272 g/mol. The van der Waals surface area contributed by atoms with Gasteiger partial charge in [-0.1, -0.05) is 12.1 Å². The first-order chi connectivity index (χ1) is 9.86. The van der Waals surface area contributed by atoms with E-state index in [4.69, 9.17) is 4.74 Å². The van der Waals surface area contributed by atoms with E-state index >= 15 is 0 Å². The number of nitrogens with one attached hydrogen (secondary N) is 2. The van der Waals surface area contributed by atoms with Gasteiger partial charge >= 0.3 is 0 Å². The average Bonchev–Trinajstić information content (AvgIpc) is 2.49. The molecule has 106 valence electrons. The van der Waals surface area contributed by atoms with Crippen LogP contribution in [0.25, 0.3) is 11.0 Å². The van der Waals surface area contributed by atoms with Crippen LogP contribution in [0.1, 0.15) is 19.8 Å². The zero-order valence-electron chi connectivity index (χ0n) is 11.7. The number of ether oxygens (including phenoxy) is 1. The topological polar surface area (TPSA) is 59.1 Å². The number of aromatic nitrogens is 2. The molecule has 0 radical (unpaired) electrons. The third kappa shape index (κ3) is 2.82. The highest BCUT2D eigenvalue weighted by Gasteiger charge is 2.17. The van der Waals surface area contributed by atoms with Gasteiger partial charge in [-0.25, -0.2) is 9.97 Å². The maximum Gasteiger partial charge on any atom is 0.258 e. The molecule has 0 bridgehead atoms. The Hall–Kier alpha value is -1.88. The molecular weight excluding hydrogens is 252 g/mol. The van der Waals surface area contributed by atoms with E-state index in [1.165, 1.54) is 6.42 Å². The summed E-state index contributed by atoms with van der Waals surface area (Å²) in [5.41, 5.74) is 1.76. The molecule has 0 unspecified atom stereocenters. The number of hydrogen-bond acceptors (Lipinski definition) is 5. The minimum Gasteiger partial charge on any atom is -0.475 e. The van der Waals surface area contributed by atoms with E-state index in [0.717, 1.165) is 36.4 Å². The Morgan fingerprint density at radius 1 is 1.30 bits per heavy atom. The third-order valence-corrected chi connectivity index (χ3v) is 3.46. The standard InChI is InChI=1S/C15H20N4O/c1-2-20-15-14(17-11-6-5-9-16-10-11)18-12-7-3-4-8-13(12)19-15/h3-4,7-8,11,16H,2,5-6,9-10H2,1H3,(H,17,18)/t11-/m0/s1. The fraction of sp³-hybridized carbons (Fsp3) is 0.467. The fourth-order valence-electron chi connectivity index (χ4n) is 2.48. The molecule has 2 N–H and O–H groups in total. The Bertz CT molecular complexity index is 581. The molecular formula is C15H20N4O. The van der Waals surface area contributed by atoms with Gasteiger partial charge in [0.25, 0.3) is 5.88 Å². The van der Waals surface area contributed by atoms with Crippen LogP contribution in [0.2, 0.25) is 0 Å². The zero-order chi connectivity index (χ0) is 13.8. The van der Waals surface area contributed by atoms with Gasteiger partial charge in [-0.15, -0.1) is 0 Å².